The Kier molecular flexibility index (Phi) is 2.99. The Morgan fingerprint density at radius 2 is 2.17 bits per heavy atom. The first-order chi connectivity index (χ1) is 8.86. The molecule has 3 heterocycles. The zero-order valence-corrected chi connectivity index (χ0v) is 9.91. The Morgan fingerprint density at radius 1 is 1.33 bits per heavy atom. The molecule has 94 valence electrons. The van der Waals surface area contributed by atoms with Crippen molar-refractivity contribution in [2.45, 2.75) is 18.6 Å². The smallest absolute Gasteiger partial charge is 0.244 e. The minimum Gasteiger partial charge on any atom is -0.380 e. The summed E-state index contributed by atoms with van der Waals surface area (Å²) in [5.74, 6) is 1.43. The molecule has 3 rings (SSSR count). The largest absolute Gasteiger partial charge is 0.380 e. The van der Waals surface area contributed by atoms with Crippen LogP contribution in [0, 0.1) is 0 Å². The second kappa shape index (κ2) is 4.79. The van der Waals surface area contributed by atoms with Crippen molar-refractivity contribution in [1.29, 1.82) is 0 Å². The van der Waals surface area contributed by atoms with Gasteiger partial charge in [0.15, 0.2) is 0 Å². The molecule has 1 fully saturated rings. The van der Waals surface area contributed by atoms with Crippen LogP contribution in [0.2, 0.25) is 0 Å². The van der Waals surface area contributed by atoms with Gasteiger partial charge in [-0.15, -0.1) is 0 Å². The van der Waals surface area contributed by atoms with Gasteiger partial charge in [-0.3, -0.25) is 0 Å². The third kappa shape index (κ3) is 2.09. The molecule has 2 unspecified atom stereocenters. The minimum atomic E-state index is 0.0416. The fraction of sp³-hybridized carbons (Fsp3) is 0.455. The second-order valence-electron chi connectivity index (χ2n) is 4.08. The lowest BCUT2D eigenvalue weighted by molar-refractivity contribution is 0.116. The van der Waals surface area contributed by atoms with Crippen LogP contribution in [0.25, 0.3) is 11.6 Å². The molecule has 7 heteroatoms. The zero-order chi connectivity index (χ0) is 12.4. The summed E-state index contributed by atoms with van der Waals surface area (Å²) in [7, 11) is 1.70. The summed E-state index contributed by atoms with van der Waals surface area (Å²) in [4.78, 5) is 12.5. The second-order valence-corrected chi connectivity index (χ2v) is 4.08. The fourth-order valence-electron chi connectivity index (χ4n) is 1.95. The van der Waals surface area contributed by atoms with Crippen molar-refractivity contribution in [3.63, 3.8) is 0 Å². The Hall–Kier alpha value is -1.86. The van der Waals surface area contributed by atoms with Crippen molar-refractivity contribution < 1.29 is 9.26 Å². The fourth-order valence-corrected chi connectivity index (χ4v) is 1.95. The molecule has 1 aliphatic heterocycles. The van der Waals surface area contributed by atoms with Crippen molar-refractivity contribution in [2.75, 3.05) is 13.7 Å². The van der Waals surface area contributed by atoms with Gasteiger partial charge in [-0.25, -0.2) is 9.97 Å². The number of ether oxygens (including phenoxy) is 1. The summed E-state index contributed by atoms with van der Waals surface area (Å²) in [6.07, 6.45) is 4.31. The van der Waals surface area contributed by atoms with E-state index in [2.05, 4.69) is 25.4 Å². The van der Waals surface area contributed by atoms with Gasteiger partial charge < -0.3 is 14.6 Å². The number of rotatable bonds is 3. The lowest BCUT2D eigenvalue weighted by atomic mass is 10.2. The van der Waals surface area contributed by atoms with Crippen molar-refractivity contribution >= 4 is 0 Å². The highest BCUT2D eigenvalue weighted by Crippen LogP contribution is 2.24. The molecular weight excluding hydrogens is 234 g/mol. The topological polar surface area (TPSA) is 86.0 Å². The van der Waals surface area contributed by atoms with Crippen LogP contribution in [-0.4, -0.2) is 39.9 Å². The van der Waals surface area contributed by atoms with E-state index in [9.17, 15) is 0 Å². The molecule has 7 nitrogen and oxygen atoms in total. The van der Waals surface area contributed by atoms with Gasteiger partial charge in [-0.2, -0.15) is 4.98 Å². The van der Waals surface area contributed by atoms with Crippen LogP contribution in [0.4, 0.5) is 0 Å². The highest BCUT2D eigenvalue weighted by atomic mass is 16.5. The molecule has 0 radical (unpaired) electrons. The Bertz CT molecular complexity index is 515. The van der Waals surface area contributed by atoms with Gasteiger partial charge in [0.05, 0.1) is 12.1 Å². The van der Waals surface area contributed by atoms with Crippen LogP contribution in [0.15, 0.2) is 23.0 Å². The van der Waals surface area contributed by atoms with Gasteiger partial charge in [0.25, 0.3) is 0 Å². The van der Waals surface area contributed by atoms with E-state index in [1.165, 1.54) is 0 Å². The summed E-state index contributed by atoms with van der Waals surface area (Å²) < 4.78 is 10.5. The Morgan fingerprint density at radius 3 is 2.89 bits per heavy atom. The SMILES string of the molecule is COC1CNC(c2nc(-c3ncccn3)no2)C1. The summed E-state index contributed by atoms with van der Waals surface area (Å²) in [5, 5.41) is 7.17. The molecule has 2 aromatic heterocycles. The Balaban J connectivity index is 1.78. The molecule has 0 aliphatic carbocycles. The maximum absolute atomic E-state index is 5.28. The number of hydrogen-bond donors (Lipinski definition) is 1. The van der Waals surface area contributed by atoms with E-state index in [1.54, 1.807) is 25.6 Å². The predicted molar refractivity (Wildman–Crippen MR) is 61.5 cm³/mol. The maximum atomic E-state index is 5.28. The molecule has 0 bridgehead atoms. The van der Waals surface area contributed by atoms with Crippen molar-refractivity contribution in [1.82, 2.24) is 25.4 Å². The molecule has 0 saturated carbocycles. The predicted octanol–water partition coefficient (Wildman–Crippen LogP) is 0.576. The van der Waals surface area contributed by atoms with Crippen LogP contribution in [0.3, 0.4) is 0 Å². The van der Waals surface area contributed by atoms with Crippen LogP contribution in [-0.2, 0) is 4.74 Å². The third-order valence-electron chi connectivity index (χ3n) is 2.93. The van der Waals surface area contributed by atoms with Crippen molar-refractivity contribution in [3.05, 3.63) is 24.4 Å². The van der Waals surface area contributed by atoms with E-state index in [0.29, 0.717) is 17.5 Å². The molecule has 2 atom stereocenters. The van der Waals surface area contributed by atoms with E-state index in [-0.39, 0.29) is 12.1 Å². The van der Waals surface area contributed by atoms with E-state index >= 15 is 0 Å². The molecule has 0 amide bonds. The molecule has 0 aromatic carbocycles. The Labute approximate surface area is 104 Å². The van der Waals surface area contributed by atoms with E-state index in [1.807, 2.05) is 0 Å². The number of hydrogen-bond acceptors (Lipinski definition) is 7. The van der Waals surface area contributed by atoms with Crippen LogP contribution in [0.1, 0.15) is 18.4 Å². The maximum Gasteiger partial charge on any atom is 0.244 e. The number of methoxy groups -OCH3 is 1. The van der Waals surface area contributed by atoms with Gasteiger partial charge in [0, 0.05) is 26.0 Å². The molecule has 0 spiro atoms. The molecule has 2 aromatic rings. The van der Waals surface area contributed by atoms with Gasteiger partial charge in [-0.05, 0) is 12.5 Å². The zero-order valence-electron chi connectivity index (χ0n) is 9.91. The molecule has 18 heavy (non-hydrogen) atoms. The van der Waals surface area contributed by atoms with E-state index < -0.39 is 0 Å². The third-order valence-corrected chi connectivity index (χ3v) is 2.93. The molecular formula is C11H13N5O2. The molecule has 1 N–H and O–H groups in total. The average molecular weight is 247 g/mol. The van der Waals surface area contributed by atoms with Gasteiger partial charge in [-0.1, -0.05) is 5.16 Å². The van der Waals surface area contributed by atoms with E-state index in [4.69, 9.17) is 9.26 Å². The van der Waals surface area contributed by atoms with Crippen molar-refractivity contribution in [2.24, 2.45) is 0 Å². The highest BCUT2D eigenvalue weighted by Gasteiger charge is 2.29. The lowest BCUT2D eigenvalue weighted by Gasteiger charge is -2.04. The van der Waals surface area contributed by atoms with E-state index in [0.717, 1.165) is 13.0 Å². The first-order valence-electron chi connectivity index (χ1n) is 5.74. The van der Waals surface area contributed by atoms with Crippen molar-refractivity contribution in [3.8, 4) is 11.6 Å². The summed E-state index contributed by atoms with van der Waals surface area (Å²) >= 11 is 0. The minimum absolute atomic E-state index is 0.0416. The standard InChI is InChI=1S/C11H13N5O2/c1-17-7-5-8(14-6-7)11-15-10(16-18-11)9-12-3-2-4-13-9/h2-4,7-8,14H,5-6H2,1H3. The van der Waals surface area contributed by atoms with Gasteiger partial charge >= 0.3 is 0 Å². The summed E-state index contributed by atoms with van der Waals surface area (Å²) in [6.45, 7) is 0.792. The first-order valence-corrected chi connectivity index (χ1v) is 5.74. The quantitative estimate of drug-likeness (QED) is 0.848. The first kappa shape index (κ1) is 11.2. The number of aromatic nitrogens is 4. The summed E-state index contributed by atoms with van der Waals surface area (Å²) in [5.41, 5.74) is 0. The number of nitrogens with one attached hydrogen (secondary N) is 1. The van der Waals surface area contributed by atoms with Crippen LogP contribution in [0.5, 0.6) is 0 Å². The normalized spacial score (nSPS) is 23.4. The van der Waals surface area contributed by atoms with Crippen LogP contribution >= 0.6 is 0 Å². The monoisotopic (exact) mass is 247 g/mol. The molecule has 1 saturated heterocycles. The average Bonchev–Trinajstić information content (AvgIpc) is 3.08. The highest BCUT2D eigenvalue weighted by molar-refractivity contribution is 5.40. The number of nitrogens with zero attached hydrogens (tertiary/aromatic N) is 4. The van der Waals surface area contributed by atoms with Crippen LogP contribution < -0.4 is 5.32 Å². The summed E-state index contributed by atoms with van der Waals surface area (Å²) in [6, 6.07) is 1.78. The molecule has 1 aliphatic rings. The van der Waals surface area contributed by atoms with Gasteiger partial charge in [0.1, 0.15) is 0 Å². The van der Waals surface area contributed by atoms with Gasteiger partial charge in [0.2, 0.25) is 17.5 Å². The lowest BCUT2D eigenvalue weighted by Crippen LogP contribution is -2.16.